The Kier molecular flexibility index (Phi) is 8.02. The molecule has 1 fully saturated rings. The fraction of sp³-hybridized carbons (Fsp3) is 1.00. The van der Waals surface area contributed by atoms with Crippen molar-refractivity contribution < 1.29 is 13.2 Å². The van der Waals surface area contributed by atoms with E-state index >= 15 is 0 Å². The lowest BCUT2D eigenvalue weighted by Crippen LogP contribution is -2.42. The van der Waals surface area contributed by atoms with Crippen molar-refractivity contribution in [1.29, 1.82) is 0 Å². The molecule has 1 saturated heterocycles. The molecule has 1 unspecified atom stereocenters. The first kappa shape index (κ1) is 17.9. The van der Waals surface area contributed by atoms with Crippen LogP contribution in [0.4, 0.5) is 0 Å². The Bertz CT molecular complexity index is 357. The van der Waals surface area contributed by atoms with E-state index in [2.05, 4.69) is 19.2 Å². The Balaban J connectivity index is 2.07. The minimum Gasteiger partial charge on any atom is -0.379 e. The van der Waals surface area contributed by atoms with Gasteiger partial charge >= 0.3 is 0 Å². The summed E-state index contributed by atoms with van der Waals surface area (Å²) in [6, 6.07) is 0. The standard InChI is InChI=1S/C14H30N2O3S/c1-13(2)19-10-5-4-8-15-11-14-7-6-9-16(12-14)20(3,17)18/h13-15H,4-12H2,1-3H3. The molecule has 0 bridgehead atoms. The molecule has 0 aromatic rings. The summed E-state index contributed by atoms with van der Waals surface area (Å²) in [5, 5.41) is 3.44. The Hall–Kier alpha value is -0.170. The van der Waals surface area contributed by atoms with Gasteiger partial charge in [0.1, 0.15) is 0 Å². The fourth-order valence-corrected chi connectivity index (χ4v) is 3.41. The van der Waals surface area contributed by atoms with Crippen molar-refractivity contribution in [1.82, 2.24) is 9.62 Å². The Morgan fingerprint density at radius 3 is 2.75 bits per heavy atom. The zero-order valence-corrected chi connectivity index (χ0v) is 13.9. The number of rotatable bonds is 9. The number of nitrogens with one attached hydrogen (secondary N) is 1. The summed E-state index contributed by atoms with van der Waals surface area (Å²) in [5.41, 5.74) is 0. The van der Waals surface area contributed by atoms with Crippen molar-refractivity contribution in [2.24, 2.45) is 5.92 Å². The SMILES string of the molecule is CC(C)OCCCCNCC1CCCN(S(C)(=O)=O)C1. The molecule has 0 spiro atoms. The number of sulfonamides is 1. The van der Waals surface area contributed by atoms with Gasteiger partial charge in [0, 0.05) is 19.7 Å². The minimum absolute atomic E-state index is 0.312. The van der Waals surface area contributed by atoms with E-state index in [0.29, 0.717) is 25.1 Å². The number of unbranched alkanes of at least 4 members (excludes halogenated alkanes) is 1. The van der Waals surface area contributed by atoms with E-state index in [1.807, 2.05) is 0 Å². The van der Waals surface area contributed by atoms with Crippen LogP contribution >= 0.6 is 0 Å². The molecule has 5 nitrogen and oxygen atoms in total. The average Bonchev–Trinajstić information content (AvgIpc) is 2.36. The maximum atomic E-state index is 11.5. The molecule has 0 amide bonds. The number of hydrogen-bond donors (Lipinski definition) is 1. The van der Waals surface area contributed by atoms with Gasteiger partial charge in [-0.2, -0.15) is 0 Å². The van der Waals surface area contributed by atoms with Gasteiger partial charge in [0.15, 0.2) is 0 Å². The van der Waals surface area contributed by atoms with Crippen LogP contribution in [-0.2, 0) is 14.8 Å². The summed E-state index contributed by atoms with van der Waals surface area (Å²) in [5.74, 6) is 0.449. The number of nitrogens with zero attached hydrogens (tertiary/aromatic N) is 1. The van der Waals surface area contributed by atoms with Crippen LogP contribution in [-0.4, -0.2) is 57.9 Å². The third-order valence-corrected chi connectivity index (χ3v) is 4.85. The largest absolute Gasteiger partial charge is 0.379 e. The van der Waals surface area contributed by atoms with E-state index in [1.165, 1.54) is 6.26 Å². The molecular weight excluding hydrogens is 276 g/mol. The molecule has 0 aromatic heterocycles. The third-order valence-electron chi connectivity index (χ3n) is 3.58. The molecule has 1 aliphatic rings. The second-order valence-corrected chi connectivity index (χ2v) is 7.94. The lowest BCUT2D eigenvalue weighted by molar-refractivity contribution is 0.0760. The van der Waals surface area contributed by atoms with E-state index in [4.69, 9.17) is 4.74 Å². The molecule has 20 heavy (non-hydrogen) atoms. The maximum Gasteiger partial charge on any atom is 0.211 e. The van der Waals surface area contributed by atoms with Crippen LogP contribution < -0.4 is 5.32 Å². The Labute approximate surface area is 124 Å². The highest BCUT2D eigenvalue weighted by Gasteiger charge is 2.25. The van der Waals surface area contributed by atoms with Gasteiger partial charge in [-0.05, 0) is 58.5 Å². The predicted octanol–water partition coefficient (Wildman–Crippen LogP) is 1.45. The zero-order chi connectivity index (χ0) is 15.0. The molecule has 1 heterocycles. The maximum absolute atomic E-state index is 11.5. The topological polar surface area (TPSA) is 58.6 Å². The van der Waals surface area contributed by atoms with Gasteiger partial charge in [-0.15, -0.1) is 0 Å². The number of hydrogen-bond acceptors (Lipinski definition) is 4. The molecule has 0 saturated carbocycles. The first-order chi connectivity index (χ1) is 9.39. The highest BCUT2D eigenvalue weighted by atomic mass is 32.2. The van der Waals surface area contributed by atoms with Crippen LogP contribution in [0, 0.1) is 5.92 Å². The van der Waals surface area contributed by atoms with Gasteiger partial charge in [0.25, 0.3) is 0 Å². The van der Waals surface area contributed by atoms with E-state index in [0.717, 1.165) is 45.4 Å². The summed E-state index contributed by atoms with van der Waals surface area (Å²) in [6.07, 6.45) is 5.89. The quantitative estimate of drug-likeness (QED) is 0.655. The first-order valence-electron chi connectivity index (χ1n) is 7.67. The van der Waals surface area contributed by atoms with Crippen molar-refractivity contribution in [3.63, 3.8) is 0 Å². The van der Waals surface area contributed by atoms with Crippen LogP contribution in [0.5, 0.6) is 0 Å². The molecule has 6 heteroatoms. The monoisotopic (exact) mass is 306 g/mol. The summed E-state index contributed by atoms with van der Waals surface area (Å²) in [7, 11) is -3.02. The highest BCUT2D eigenvalue weighted by Crippen LogP contribution is 2.17. The first-order valence-corrected chi connectivity index (χ1v) is 9.52. The molecule has 1 rings (SSSR count). The van der Waals surface area contributed by atoms with Gasteiger partial charge in [-0.1, -0.05) is 0 Å². The molecule has 0 aromatic carbocycles. The van der Waals surface area contributed by atoms with E-state index in [9.17, 15) is 8.42 Å². The molecule has 120 valence electrons. The van der Waals surface area contributed by atoms with Gasteiger partial charge in [0.05, 0.1) is 12.4 Å². The van der Waals surface area contributed by atoms with Gasteiger partial charge in [-0.25, -0.2) is 12.7 Å². The number of piperidine rings is 1. The van der Waals surface area contributed by atoms with Crippen LogP contribution in [0.2, 0.25) is 0 Å². The average molecular weight is 306 g/mol. The van der Waals surface area contributed by atoms with Crippen molar-refractivity contribution >= 4 is 10.0 Å². The fourth-order valence-electron chi connectivity index (χ4n) is 2.47. The van der Waals surface area contributed by atoms with Crippen molar-refractivity contribution in [3.8, 4) is 0 Å². The summed E-state index contributed by atoms with van der Waals surface area (Å²) in [6.45, 7) is 8.17. The second-order valence-electron chi connectivity index (χ2n) is 5.96. The van der Waals surface area contributed by atoms with Gasteiger partial charge in [-0.3, -0.25) is 0 Å². The lowest BCUT2D eigenvalue weighted by Gasteiger charge is -2.31. The van der Waals surface area contributed by atoms with E-state index in [-0.39, 0.29) is 0 Å². The smallest absolute Gasteiger partial charge is 0.211 e. The Morgan fingerprint density at radius 1 is 1.35 bits per heavy atom. The van der Waals surface area contributed by atoms with Crippen molar-refractivity contribution in [2.75, 3.05) is 39.0 Å². The minimum atomic E-state index is -3.02. The third kappa shape index (κ3) is 7.57. The zero-order valence-electron chi connectivity index (χ0n) is 13.1. The van der Waals surface area contributed by atoms with Crippen molar-refractivity contribution in [3.05, 3.63) is 0 Å². The van der Waals surface area contributed by atoms with Gasteiger partial charge < -0.3 is 10.1 Å². The van der Waals surface area contributed by atoms with Crippen LogP contribution in [0.3, 0.4) is 0 Å². The molecular formula is C14H30N2O3S. The van der Waals surface area contributed by atoms with Crippen LogP contribution in [0.15, 0.2) is 0 Å². The van der Waals surface area contributed by atoms with E-state index in [1.54, 1.807) is 4.31 Å². The summed E-state index contributed by atoms with van der Waals surface area (Å²) in [4.78, 5) is 0. The molecule has 1 N–H and O–H groups in total. The molecule has 0 radical (unpaired) electrons. The molecule has 1 atom stereocenters. The van der Waals surface area contributed by atoms with Crippen LogP contribution in [0.1, 0.15) is 39.5 Å². The van der Waals surface area contributed by atoms with E-state index < -0.39 is 10.0 Å². The number of ether oxygens (including phenoxy) is 1. The highest BCUT2D eigenvalue weighted by molar-refractivity contribution is 7.88. The van der Waals surface area contributed by atoms with Crippen LogP contribution in [0.25, 0.3) is 0 Å². The normalized spacial score (nSPS) is 21.5. The predicted molar refractivity (Wildman–Crippen MR) is 82.3 cm³/mol. The van der Waals surface area contributed by atoms with Crippen molar-refractivity contribution in [2.45, 2.75) is 45.6 Å². The van der Waals surface area contributed by atoms with Gasteiger partial charge in [0.2, 0.25) is 10.0 Å². The lowest BCUT2D eigenvalue weighted by atomic mass is 10.00. The molecule has 0 aliphatic carbocycles. The summed E-state index contributed by atoms with van der Waals surface area (Å²) < 4.78 is 30.2. The summed E-state index contributed by atoms with van der Waals surface area (Å²) >= 11 is 0. The molecule has 1 aliphatic heterocycles. The second kappa shape index (κ2) is 8.97. The Morgan fingerprint density at radius 2 is 2.10 bits per heavy atom.